The van der Waals surface area contributed by atoms with E-state index in [0.717, 1.165) is 11.1 Å². The Morgan fingerprint density at radius 2 is 1.84 bits per heavy atom. The minimum atomic E-state index is -0.457. The van der Waals surface area contributed by atoms with Crippen molar-refractivity contribution in [3.63, 3.8) is 0 Å². The molecular weight excluding hydrogens is 431 g/mol. The van der Waals surface area contributed by atoms with Gasteiger partial charge in [-0.2, -0.15) is 10.2 Å². The first kappa shape index (κ1) is 21.3. The van der Waals surface area contributed by atoms with E-state index in [0.29, 0.717) is 28.6 Å². The molecule has 0 saturated carbocycles. The lowest BCUT2D eigenvalue weighted by Crippen LogP contribution is -2.17. The second kappa shape index (κ2) is 9.89. The summed E-state index contributed by atoms with van der Waals surface area (Å²) < 4.78 is 18.9. The summed E-state index contributed by atoms with van der Waals surface area (Å²) in [6, 6.07) is 22.2. The Hall–Kier alpha value is -3.97. The number of hydrogen-bond donors (Lipinski definition) is 2. The van der Waals surface area contributed by atoms with Gasteiger partial charge in [-0.25, -0.2) is 9.82 Å². The van der Waals surface area contributed by atoms with Crippen LogP contribution >= 0.6 is 11.6 Å². The molecular formula is C24H18ClFN4O2. The van der Waals surface area contributed by atoms with Gasteiger partial charge in [-0.05, 0) is 53.6 Å². The summed E-state index contributed by atoms with van der Waals surface area (Å²) in [7, 11) is 0. The number of hydrazone groups is 1. The van der Waals surface area contributed by atoms with Gasteiger partial charge in [0.25, 0.3) is 5.91 Å². The predicted molar refractivity (Wildman–Crippen MR) is 121 cm³/mol. The maximum absolute atomic E-state index is 12.9. The number of aromatic amines is 1. The van der Waals surface area contributed by atoms with Crippen LogP contribution in [0.3, 0.4) is 0 Å². The number of amides is 1. The molecule has 0 saturated heterocycles. The predicted octanol–water partition coefficient (Wildman–Crippen LogP) is 5.21. The minimum Gasteiger partial charge on any atom is -0.488 e. The average Bonchev–Trinajstić information content (AvgIpc) is 3.30. The van der Waals surface area contributed by atoms with Crippen LogP contribution in [0.2, 0.25) is 5.02 Å². The quantitative estimate of drug-likeness (QED) is 0.301. The molecule has 1 heterocycles. The van der Waals surface area contributed by atoms with Crippen LogP contribution in [0.15, 0.2) is 84.0 Å². The van der Waals surface area contributed by atoms with E-state index < -0.39 is 5.91 Å². The summed E-state index contributed by atoms with van der Waals surface area (Å²) in [5, 5.41) is 11.5. The molecule has 1 aromatic heterocycles. The molecule has 6 nitrogen and oxygen atoms in total. The Morgan fingerprint density at radius 1 is 1.09 bits per heavy atom. The van der Waals surface area contributed by atoms with Crippen LogP contribution in [0.25, 0.3) is 11.3 Å². The number of benzene rings is 3. The molecule has 0 atom stereocenters. The van der Waals surface area contributed by atoms with Gasteiger partial charge in [-0.3, -0.25) is 9.89 Å². The van der Waals surface area contributed by atoms with Crippen molar-refractivity contribution < 1.29 is 13.9 Å². The molecule has 0 bridgehead atoms. The van der Waals surface area contributed by atoms with Crippen molar-refractivity contribution in [2.24, 2.45) is 5.10 Å². The molecule has 160 valence electrons. The number of nitrogens with one attached hydrogen (secondary N) is 2. The van der Waals surface area contributed by atoms with E-state index >= 15 is 0 Å². The molecule has 0 unspecified atom stereocenters. The average molecular weight is 449 g/mol. The highest BCUT2D eigenvalue weighted by Gasteiger charge is 2.14. The van der Waals surface area contributed by atoms with Gasteiger partial charge in [-0.1, -0.05) is 48.0 Å². The van der Waals surface area contributed by atoms with E-state index in [2.05, 4.69) is 20.7 Å². The second-order valence-corrected chi connectivity index (χ2v) is 7.27. The third-order valence-corrected chi connectivity index (χ3v) is 4.79. The van der Waals surface area contributed by atoms with Crippen LogP contribution in [-0.2, 0) is 6.61 Å². The van der Waals surface area contributed by atoms with Gasteiger partial charge in [0.1, 0.15) is 23.9 Å². The number of nitrogens with zero attached hydrogens (tertiary/aromatic N) is 2. The van der Waals surface area contributed by atoms with Gasteiger partial charge in [0.05, 0.1) is 11.9 Å². The van der Waals surface area contributed by atoms with Gasteiger partial charge >= 0.3 is 0 Å². The monoisotopic (exact) mass is 448 g/mol. The van der Waals surface area contributed by atoms with Crippen LogP contribution in [0.4, 0.5) is 4.39 Å². The fourth-order valence-electron chi connectivity index (χ4n) is 2.90. The lowest BCUT2D eigenvalue weighted by Gasteiger charge is -2.10. The van der Waals surface area contributed by atoms with Crippen LogP contribution in [-0.4, -0.2) is 22.3 Å². The van der Waals surface area contributed by atoms with Crippen LogP contribution in [0, 0.1) is 5.82 Å². The summed E-state index contributed by atoms with van der Waals surface area (Å²) in [5.74, 6) is -0.162. The second-order valence-electron chi connectivity index (χ2n) is 6.83. The Morgan fingerprint density at radius 3 is 2.62 bits per heavy atom. The molecule has 0 aliphatic heterocycles. The van der Waals surface area contributed by atoms with Crippen molar-refractivity contribution in [1.29, 1.82) is 0 Å². The molecule has 0 spiro atoms. The zero-order chi connectivity index (χ0) is 22.3. The Labute approximate surface area is 188 Å². The standard InChI is InChI=1S/C24H18ClFN4O2/c25-18-9-5-17(6-10-18)15-32-23-4-2-1-3-20(23)21-13-22(29-28-21)24(31)30-27-14-16-7-11-19(26)12-8-16/h1-14H,15H2,(H,28,29)(H,30,31)/b27-14+. The van der Waals surface area contributed by atoms with E-state index in [4.69, 9.17) is 16.3 Å². The number of carbonyl (C=O) groups is 1. The van der Waals surface area contributed by atoms with Gasteiger partial charge < -0.3 is 4.74 Å². The normalized spacial score (nSPS) is 10.9. The third kappa shape index (κ3) is 5.39. The van der Waals surface area contributed by atoms with Gasteiger partial charge in [0.2, 0.25) is 0 Å². The molecule has 32 heavy (non-hydrogen) atoms. The van der Waals surface area contributed by atoms with Crippen molar-refractivity contribution in [3.05, 3.63) is 107 Å². The Balaban J connectivity index is 1.43. The zero-order valence-corrected chi connectivity index (χ0v) is 17.5. The summed E-state index contributed by atoms with van der Waals surface area (Å²) in [6.45, 7) is 0.365. The SMILES string of the molecule is O=C(N/N=C/c1ccc(F)cc1)c1cc(-c2ccccc2OCc2ccc(Cl)cc2)n[nH]1. The zero-order valence-electron chi connectivity index (χ0n) is 16.8. The molecule has 2 N–H and O–H groups in total. The van der Waals surface area contributed by atoms with Crippen molar-refractivity contribution in [2.75, 3.05) is 0 Å². The van der Waals surface area contributed by atoms with Crippen molar-refractivity contribution in [3.8, 4) is 17.0 Å². The Kier molecular flexibility index (Phi) is 6.57. The maximum Gasteiger partial charge on any atom is 0.289 e. The summed E-state index contributed by atoms with van der Waals surface area (Å²) in [4.78, 5) is 12.4. The first-order valence-electron chi connectivity index (χ1n) is 9.69. The molecule has 8 heteroatoms. The van der Waals surface area contributed by atoms with Gasteiger partial charge in [-0.15, -0.1) is 0 Å². The Bertz CT molecular complexity index is 1240. The smallest absolute Gasteiger partial charge is 0.289 e. The van der Waals surface area contributed by atoms with Crippen molar-refractivity contribution in [1.82, 2.24) is 15.6 Å². The van der Waals surface area contributed by atoms with E-state index in [1.807, 2.05) is 48.5 Å². The molecule has 0 aliphatic carbocycles. The topological polar surface area (TPSA) is 79.4 Å². The number of H-pyrrole nitrogens is 1. The summed E-state index contributed by atoms with van der Waals surface area (Å²) in [6.07, 6.45) is 1.43. The lowest BCUT2D eigenvalue weighted by atomic mass is 10.1. The fraction of sp³-hybridized carbons (Fsp3) is 0.0417. The van der Waals surface area contributed by atoms with E-state index in [1.54, 1.807) is 18.2 Å². The number of carbonyl (C=O) groups excluding carboxylic acids is 1. The highest BCUT2D eigenvalue weighted by molar-refractivity contribution is 6.30. The first-order chi connectivity index (χ1) is 15.6. The third-order valence-electron chi connectivity index (χ3n) is 4.54. The molecule has 4 rings (SSSR count). The summed E-state index contributed by atoms with van der Waals surface area (Å²) in [5.41, 5.74) is 5.59. The van der Waals surface area contributed by atoms with E-state index in [-0.39, 0.29) is 11.5 Å². The number of ether oxygens (including phenoxy) is 1. The number of rotatable bonds is 7. The van der Waals surface area contributed by atoms with Crippen LogP contribution < -0.4 is 10.2 Å². The molecule has 0 radical (unpaired) electrons. The van der Waals surface area contributed by atoms with Crippen molar-refractivity contribution in [2.45, 2.75) is 6.61 Å². The highest BCUT2D eigenvalue weighted by Crippen LogP contribution is 2.29. The largest absolute Gasteiger partial charge is 0.488 e. The highest BCUT2D eigenvalue weighted by atomic mass is 35.5. The fourth-order valence-corrected chi connectivity index (χ4v) is 3.02. The van der Waals surface area contributed by atoms with E-state index in [9.17, 15) is 9.18 Å². The molecule has 4 aromatic rings. The number of aromatic nitrogens is 2. The van der Waals surface area contributed by atoms with Crippen LogP contribution in [0.5, 0.6) is 5.75 Å². The lowest BCUT2D eigenvalue weighted by molar-refractivity contribution is 0.0950. The maximum atomic E-state index is 12.9. The van der Waals surface area contributed by atoms with Crippen molar-refractivity contribution >= 4 is 23.7 Å². The number of halogens is 2. The molecule has 0 fully saturated rings. The first-order valence-corrected chi connectivity index (χ1v) is 10.1. The summed E-state index contributed by atoms with van der Waals surface area (Å²) >= 11 is 5.92. The van der Waals surface area contributed by atoms with Gasteiger partial charge in [0.15, 0.2) is 0 Å². The van der Waals surface area contributed by atoms with E-state index in [1.165, 1.54) is 18.3 Å². The minimum absolute atomic E-state index is 0.240. The molecule has 1 amide bonds. The molecule has 3 aromatic carbocycles. The van der Waals surface area contributed by atoms with Gasteiger partial charge in [0, 0.05) is 10.6 Å². The number of hydrogen-bond acceptors (Lipinski definition) is 4. The van der Waals surface area contributed by atoms with Crippen LogP contribution in [0.1, 0.15) is 21.6 Å². The number of para-hydroxylation sites is 1. The molecule has 0 aliphatic rings.